The molecule has 0 fully saturated rings. The fraction of sp³-hybridized carbons (Fsp3) is 0.250. The second-order valence-electron chi connectivity index (χ2n) is 2.55. The summed E-state index contributed by atoms with van der Waals surface area (Å²) in [4.78, 5) is 0. The maximum absolute atomic E-state index is 11.8. The van der Waals surface area contributed by atoms with Crippen molar-refractivity contribution in [1.82, 2.24) is 0 Å². The summed E-state index contributed by atoms with van der Waals surface area (Å²) in [6.07, 6.45) is -4.67. The zero-order valence-electron chi connectivity index (χ0n) is 6.94. The molecule has 0 aliphatic heterocycles. The molecule has 0 aromatic heterocycles. The van der Waals surface area contributed by atoms with Crippen molar-refractivity contribution >= 4 is 15.9 Å². The number of hydrogen-bond acceptors (Lipinski definition) is 2. The highest BCUT2D eigenvalue weighted by atomic mass is 79.9. The van der Waals surface area contributed by atoms with E-state index in [-0.39, 0.29) is 12.3 Å². The lowest BCUT2D eigenvalue weighted by Gasteiger charge is -2.10. The predicted molar refractivity (Wildman–Crippen MR) is 48.7 cm³/mol. The van der Waals surface area contributed by atoms with Crippen molar-refractivity contribution in [2.24, 2.45) is 5.73 Å². The largest absolute Gasteiger partial charge is 0.573 e. The lowest BCUT2D eigenvalue weighted by atomic mass is 10.2. The molecule has 2 nitrogen and oxygen atoms in total. The molecular formula is C8H7BrF3NO. The summed E-state index contributed by atoms with van der Waals surface area (Å²) in [5.74, 6) is -0.271. The van der Waals surface area contributed by atoms with E-state index >= 15 is 0 Å². The molecule has 6 heteroatoms. The highest BCUT2D eigenvalue weighted by Gasteiger charge is 2.31. The van der Waals surface area contributed by atoms with E-state index in [0.29, 0.717) is 10.0 Å². The van der Waals surface area contributed by atoms with E-state index in [1.165, 1.54) is 12.1 Å². The first-order valence-corrected chi connectivity index (χ1v) is 4.45. The molecule has 0 saturated carbocycles. The molecule has 0 saturated heterocycles. The van der Waals surface area contributed by atoms with E-state index in [1.54, 1.807) is 6.07 Å². The van der Waals surface area contributed by atoms with Gasteiger partial charge in [-0.3, -0.25) is 0 Å². The Balaban J connectivity index is 2.92. The van der Waals surface area contributed by atoms with Crippen LogP contribution in [0.15, 0.2) is 22.7 Å². The lowest BCUT2D eigenvalue weighted by molar-refractivity contribution is -0.274. The maximum Gasteiger partial charge on any atom is 0.573 e. The molecule has 0 unspecified atom stereocenters. The van der Waals surface area contributed by atoms with Crippen LogP contribution >= 0.6 is 15.9 Å². The number of alkyl halides is 3. The third-order valence-corrected chi connectivity index (χ3v) is 1.86. The van der Waals surface area contributed by atoms with Gasteiger partial charge in [-0.05, 0) is 23.8 Å². The first-order valence-electron chi connectivity index (χ1n) is 3.66. The normalized spacial score (nSPS) is 11.5. The van der Waals surface area contributed by atoms with Crippen LogP contribution in [0.2, 0.25) is 0 Å². The Morgan fingerprint density at radius 1 is 1.29 bits per heavy atom. The number of nitrogens with two attached hydrogens (primary N) is 1. The van der Waals surface area contributed by atoms with Gasteiger partial charge in [0.1, 0.15) is 5.75 Å². The molecule has 0 heterocycles. The van der Waals surface area contributed by atoms with E-state index < -0.39 is 6.36 Å². The van der Waals surface area contributed by atoms with Crippen LogP contribution in [0.5, 0.6) is 5.75 Å². The van der Waals surface area contributed by atoms with E-state index in [4.69, 9.17) is 5.73 Å². The molecule has 1 aromatic rings. The Hall–Kier alpha value is -0.750. The minimum absolute atomic E-state index is 0.160. The van der Waals surface area contributed by atoms with Crippen LogP contribution in [-0.4, -0.2) is 6.36 Å². The zero-order valence-corrected chi connectivity index (χ0v) is 8.52. The van der Waals surface area contributed by atoms with Gasteiger partial charge in [0.05, 0.1) is 0 Å². The fourth-order valence-electron chi connectivity index (χ4n) is 0.931. The topological polar surface area (TPSA) is 35.2 Å². The van der Waals surface area contributed by atoms with E-state index in [2.05, 4.69) is 20.7 Å². The summed E-state index contributed by atoms with van der Waals surface area (Å²) >= 11 is 3.06. The Morgan fingerprint density at radius 3 is 2.43 bits per heavy atom. The number of halogens is 4. The smallest absolute Gasteiger partial charge is 0.406 e. The number of ether oxygens (including phenoxy) is 1. The molecule has 0 spiro atoms. The Labute approximate surface area is 87.0 Å². The van der Waals surface area contributed by atoms with Gasteiger partial charge in [-0.2, -0.15) is 0 Å². The maximum atomic E-state index is 11.8. The van der Waals surface area contributed by atoms with E-state index in [1.807, 2.05) is 0 Å². The molecule has 0 bridgehead atoms. The standard InChI is InChI=1S/C8H7BrF3NO/c9-6-1-5(4-13)2-7(3-6)14-8(10,11)12/h1-3H,4,13H2. The van der Waals surface area contributed by atoms with Crippen LogP contribution in [0.3, 0.4) is 0 Å². The third-order valence-electron chi connectivity index (χ3n) is 1.40. The number of benzene rings is 1. The highest BCUT2D eigenvalue weighted by Crippen LogP contribution is 2.26. The zero-order chi connectivity index (χ0) is 10.8. The molecule has 0 radical (unpaired) electrons. The first kappa shape index (κ1) is 11.3. The average Bonchev–Trinajstić information content (AvgIpc) is 1.99. The molecule has 78 valence electrons. The minimum Gasteiger partial charge on any atom is -0.406 e. The second-order valence-corrected chi connectivity index (χ2v) is 3.46. The van der Waals surface area contributed by atoms with Crippen molar-refractivity contribution in [1.29, 1.82) is 0 Å². The van der Waals surface area contributed by atoms with Crippen molar-refractivity contribution in [3.05, 3.63) is 28.2 Å². The van der Waals surface area contributed by atoms with Crippen LogP contribution < -0.4 is 10.5 Å². The number of rotatable bonds is 2. The molecule has 14 heavy (non-hydrogen) atoms. The van der Waals surface area contributed by atoms with Crippen molar-refractivity contribution in [2.75, 3.05) is 0 Å². The predicted octanol–water partition coefficient (Wildman–Crippen LogP) is 2.81. The van der Waals surface area contributed by atoms with Crippen molar-refractivity contribution in [2.45, 2.75) is 12.9 Å². The van der Waals surface area contributed by atoms with E-state index in [9.17, 15) is 13.2 Å². The van der Waals surface area contributed by atoms with Crippen LogP contribution in [0, 0.1) is 0 Å². The molecule has 1 rings (SSSR count). The Morgan fingerprint density at radius 2 is 1.93 bits per heavy atom. The summed E-state index contributed by atoms with van der Waals surface area (Å²) < 4.78 is 39.8. The van der Waals surface area contributed by atoms with Crippen molar-refractivity contribution in [3.63, 3.8) is 0 Å². The van der Waals surface area contributed by atoms with Gasteiger partial charge in [0, 0.05) is 11.0 Å². The summed E-state index contributed by atoms with van der Waals surface area (Å²) in [7, 11) is 0. The average molecular weight is 270 g/mol. The quantitative estimate of drug-likeness (QED) is 0.896. The van der Waals surface area contributed by atoms with Crippen molar-refractivity contribution in [3.8, 4) is 5.75 Å². The van der Waals surface area contributed by atoms with Crippen molar-refractivity contribution < 1.29 is 17.9 Å². The SMILES string of the molecule is NCc1cc(Br)cc(OC(F)(F)F)c1. The lowest BCUT2D eigenvalue weighted by Crippen LogP contribution is -2.17. The molecule has 0 atom stereocenters. The van der Waals surface area contributed by atoms with Gasteiger partial charge in [-0.25, -0.2) is 0 Å². The van der Waals surface area contributed by atoms with Gasteiger partial charge in [-0.15, -0.1) is 13.2 Å². The molecular weight excluding hydrogens is 263 g/mol. The molecule has 0 aliphatic carbocycles. The summed E-state index contributed by atoms with van der Waals surface area (Å²) in [6.45, 7) is 0.160. The van der Waals surface area contributed by atoms with Crippen LogP contribution in [0.4, 0.5) is 13.2 Å². The second kappa shape index (κ2) is 4.18. The van der Waals surface area contributed by atoms with Gasteiger partial charge in [0.2, 0.25) is 0 Å². The van der Waals surface area contributed by atoms with Gasteiger partial charge >= 0.3 is 6.36 Å². The molecule has 2 N–H and O–H groups in total. The van der Waals surface area contributed by atoms with Gasteiger partial charge in [0.25, 0.3) is 0 Å². The van der Waals surface area contributed by atoms with Gasteiger partial charge in [-0.1, -0.05) is 15.9 Å². The first-order chi connectivity index (χ1) is 6.40. The Bertz CT molecular complexity index is 327. The van der Waals surface area contributed by atoms with Gasteiger partial charge in [0.15, 0.2) is 0 Å². The third kappa shape index (κ3) is 3.55. The minimum atomic E-state index is -4.67. The molecule has 0 amide bonds. The number of hydrogen-bond donors (Lipinski definition) is 1. The Kier molecular flexibility index (Phi) is 3.38. The van der Waals surface area contributed by atoms with E-state index in [0.717, 1.165) is 0 Å². The van der Waals surface area contributed by atoms with Crippen LogP contribution in [0.25, 0.3) is 0 Å². The van der Waals surface area contributed by atoms with Crippen LogP contribution in [0.1, 0.15) is 5.56 Å². The van der Waals surface area contributed by atoms with Gasteiger partial charge < -0.3 is 10.5 Å². The summed E-state index contributed by atoms with van der Waals surface area (Å²) in [5, 5.41) is 0. The molecule has 1 aromatic carbocycles. The molecule has 0 aliphatic rings. The summed E-state index contributed by atoms with van der Waals surface area (Å²) in [5.41, 5.74) is 5.86. The summed E-state index contributed by atoms with van der Waals surface area (Å²) in [6, 6.07) is 4.11. The monoisotopic (exact) mass is 269 g/mol. The van der Waals surface area contributed by atoms with Crippen LogP contribution in [-0.2, 0) is 6.54 Å². The fourth-order valence-corrected chi connectivity index (χ4v) is 1.45. The highest BCUT2D eigenvalue weighted by molar-refractivity contribution is 9.10.